The molecular weight excluding hydrogens is 194 g/mol. The van der Waals surface area contributed by atoms with Gasteiger partial charge < -0.3 is 14.6 Å². The van der Waals surface area contributed by atoms with Gasteiger partial charge in [-0.1, -0.05) is 6.92 Å². The van der Waals surface area contributed by atoms with Crippen LogP contribution in [-0.2, 0) is 24.2 Å². The number of hydrogen-bond donors (Lipinski definition) is 1. The highest BCUT2D eigenvalue weighted by atomic mass is 16.5. The minimum Gasteiger partial charge on any atom is -0.464 e. The number of fused-ring (bicyclic) bond motifs is 1. The summed E-state index contributed by atoms with van der Waals surface area (Å²) in [6.45, 7) is 4.38. The summed E-state index contributed by atoms with van der Waals surface area (Å²) >= 11 is 0. The van der Waals surface area contributed by atoms with E-state index in [2.05, 4.69) is 10.3 Å². The Morgan fingerprint density at radius 2 is 2.47 bits per heavy atom. The molecule has 5 heteroatoms. The fourth-order valence-corrected chi connectivity index (χ4v) is 1.89. The van der Waals surface area contributed by atoms with Crippen molar-refractivity contribution in [3.8, 4) is 0 Å². The molecular formula is C10H15N3O2. The second-order valence-corrected chi connectivity index (χ2v) is 3.50. The first-order valence-electron chi connectivity index (χ1n) is 5.15. The third kappa shape index (κ3) is 1.63. The first-order chi connectivity index (χ1) is 7.27. The maximum Gasteiger partial charge on any atom is 0.356 e. The van der Waals surface area contributed by atoms with E-state index in [0.717, 1.165) is 37.6 Å². The highest BCUT2D eigenvalue weighted by Crippen LogP contribution is 2.16. The van der Waals surface area contributed by atoms with E-state index in [1.165, 1.54) is 7.11 Å². The lowest BCUT2D eigenvalue weighted by Crippen LogP contribution is -2.30. The van der Waals surface area contributed by atoms with Gasteiger partial charge in [0.1, 0.15) is 5.82 Å². The summed E-state index contributed by atoms with van der Waals surface area (Å²) in [6.07, 6.45) is 0.754. The average molecular weight is 209 g/mol. The van der Waals surface area contributed by atoms with Crippen LogP contribution in [0, 0.1) is 0 Å². The third-order valence-electron chi connectivity index (χ3n) is 2.63. The maximum absolute atomic E-state index is 11.6. The maximum atomic E-state index is 11.6. The molecule has 0 aromatic carbocycles. The summed E-state index contributed by atoms with van der Waals surface area (Å²) in [5.41, 5.74) is 1.46. The fourth-order valence-electron chi connectivity index (χ4n) is 1.89. The normalized spacial score (nSPS) is 14.8. The van der Waals surface area contributed by atoms with Gasteiger partial charge in [0.15, 0.2) is 5.69 Å². The monoisotopic (exact) mass is 209 g/mol. The van der Waals surface area contributed by atoms with Crippen molar-refractivity contribution in [1.29, 1.82) is 0 Å². The molecule has 82 valence electrons. The molecule has 2 rings (SSSR count). The van der Waals surface area contributed by atoms with Crippen LogP contribution < -0.4 is 5.32 Å². The van der Waals surface area contributed by atoms with Crippen LogP contribution in [0.25, 0.3) is 0 Å². The van der Waals surface area contributed by atoms with Crippen molar-refractivity contribution in [2.45, 2.75) is 26.4 Å². The second-order valence-electron chi connectivity index (χ2n) is 3.50. The smallest absolute Gasteiger partial charge is 0.356 e. The highest BCUT2D eigenvalue weighted by Gasteiger charge is 2.23. The molecule has 0 bridgehead atoms. The summed E-state index contributed by atoms with van der Waals surface area (Å²) in [4.78, 5) is 16.1. The molecule has 0 spiro atoms. The Kier molecular flexibility index (Phi) is 2.73. The summed E-state index contributed by atoms with van der Waals surface area (Å²) in [5.74, 6) is 0.644. The summed E-state index contributed by atoms with van der Waals surface area (Å²) < 4.78 is 6.74. The Morgan fingerprint density at radius 1 is 1.67 bits per heavy atom. The van der Waals surface area contributed by atoms with Crippen molar-refractivity contribution in [2.24, 2.45) is 0 Å². The van der Waals surface area contributed by atoms with Gasteiger partial charge in [-0.25, -0.2) is 9.78 Å². The lowest BCUT2D eigenvalue weighted by atomic mass is 10.2. The number of aryl methyl sites for hydroxylation is 1. The molecule has 1 aromatic heterocycles. The Bertz CT molecular complexity index is 384. The Balaban J connectivity index is 2.49. The number of esters is 1. The Morgan fingerprint density at radius 3 is 3.13 bits per heavy atom. The Hall–Kier alpha value is -1.36. The van der Waals surface area contributed by atoms with Gasteiger partial charge in [0.2, 0.25) is 0 Å². The van der Waals surface area contributed by atoms with E-state index < -0.39 is 0 Å². The number of hydrogen-bond acceptors (Lipinski definition) is 4. The molecule has 0 amide bonds. The standard InChI is InChI=1S/C10H15N3O2/c1-3-7-9(10(14)15-2)13-5-4-11-6-8(13)12-7/h11H,3-6H2,1-2H3. The molecule has 0 saturated heterocycles. The van der Waals surface area contributed by atoms with E-state index >= 15 is 0 Å². The first kappa shape index (κ1) is 10.2. The minimum absolute atomic E-state index is 0.285. The molecule has 5 nitrogen and oxygen atoms in total. The Labute approximate surface area is 88.4 Å². The molecule has 0 atom stereocenters. The number of imidazole rings is 1. The van der Waals surface area contributed by atoms with Gasteiger partial charge in [0.05, 0.1) is 19.3 Å². The van der Waals surface area contributed by atoms with Crippen molar-refractivity contribution in [1.82, 2.24) is 14.9 Å². The zero-order valence-corrected chi connectivity index (χ0v) is 9.04. The number of rotatable bonds is 2. The van der Waals surface area contributed by atoms with Crippen LogP contribution in [-0.4, -0.2) is 29.2 Å². The topological polar surface area (TPSA) is 56.2 Å². The molecule has 1 aromatic rings. The third-order valence-corrected chi connectivity index (χ3v) is 2.63. The van der Waals surface area contributed by atoms with Gasteiger partial charge in [0.25, 0.3) is 0 Å². The van der Waals surface area contributed by atoms with Gasteiger partial charge in [-0.05, 0) is 6.42 Å². The second kappa shape index (κ2) is 4.02. The average Bonchev–Trinajstić information content (AvgIpc) is 2.66. The molecule has 15 heavy (non-hydrogen) atoms. The zero-order chi connectivity index (χ0) is 10.8. The molecule has 0 unspecified atom stereocenters. The van der Waals surface area contributed by atoms with Crippen molar-refractivity contribution in [3.05, 3.63) is 17.2 Å². The molecule has 0 saturated carbocycles. The SMILES string of the molecule is CCc1nc2n(c1C(=O)OC)CCNC2. The van der Waals surface area contributed by atoms with E-state index in [1.807, 2.05) is 11.5 Å². The number of methoxy groups -OCH3 is 1. The lowest BCUT2D eigenvalue weighted by molar-refractivity contribution is 0.0586. The number of aromatic nitrogens is 2. The summed E-state index contributed by atoms with van der Waals surface area (Å²) in [6, 6.07) is 0. The summed E-state index contributed by atoms with van der Waals surface area (Å²) in [7, 11) is 1.41. The summed E-state index contributed by atoms with van der Waals surface area (Å²) in [5, 5.41) is 3.23. The number of carbonyl (C=O) groups is 1. The van der Waals surface area contributed by atoms with Crippen molar-refractivity contribution in [2.75, 3.05) is 13.7 Å². The molecule has 1 aliphatic heterocycles. The van der Waals surface area contributed by atoms with E-state index in [1.54, 1.807) is 0 Å². The quantitative estimate of drug-likeness (QED) is 0.713. The lowest BCUT2D eigenvalue weighted by Gasteiger charge is -2.16. The van der Waals surface area contributed by atoms with Crippen LogP contribution in [0.15, 0.2) is 0 Å². The number of carbonyl (C=O) groups excluding carboxylic acids is 1. The first-order valence-corrected chi connectivity index (χ1v) is 5.15. The molecule has 0 radical (unpaired) electrons. The van der Waals surface area contributed by atoms with Gasteiger partial charge >= 0.3 is 5.97 Å². The van der Waals surface area contributed by atoms with Gasteiger partial charge in [-0.3, -0.25) is 0 Å². The molecule has 2 heterocycles. The number of nitrogens with zero attached hydrogens (tertiary/aromatic N) is 2. The largest absolute Gasteiger partial charge is 0.464 e. The van der Waals surface area contributed by atoms with Crippen molar-refractivity contribution < 1.29 is 9.53 Å². The van der Waals surface area contributed by atoms with E-state index in [4.69, 9.17) is 4.74 Å². The number of ether oxygens (including phenoxy) is 1. The van der Waals surface area contributed by atoms with E-state index in [9.17, 15) is 4.79 Å². The van der Waals surface area contributed by atoms with Gasteiger partial charge in [-0.15, -0.1) is 0 Å². The fraction of sp³-hybridized carbons (Fsp3) is 0.600. The van der Waals surface area contributed by atoms with E-state index in [0.29, 0.717) is 5.69 Å². The van der Waals surface area contributed by atoms with Crippen molar-refractivity contribution >= 4 is 5.97 Å². The minimum atomic E-state index is -0.285. The predicted molar refractivity (Wildman–Crippen MR) is 54.7 cm³/mol. The zero-order valence-electron chi connectivity index (χ0n) is 9.04. The van der Waals surface area contributed by atoms with Crippen LogP contribution >= 0.6 is 0 Å². The van der Waals surface area contributed by atoms with Crippen LogP contribution in [0.5, 0.6) is 0 Å². The van der Waals surface area contributed by atoms with E-state index in [-0.39, 0.29) is 5.97 Å². The van der Waals surface area contributed by atoms with Crippen LogP contribution in [0.4, 0.5) is 0 Å². The van der Waals surface area contributed by atoms with Gasteiger partial charge in [0, 0.05) is 13.1 Å². The molecule has 0 aliphatic carbocycles. The predicted octanol–water partition coefficient (Wildman–Crippen LogP) is 0.335. The van der Waals surface area contributed by atoms with Crippen LogP contribution in [0.1, 0.15) is 28.9 Å². The van der Waals surface area contributed by atoms with Crippen molar-refractivity contribution in [3.63, 3.8) is 0 Å². The van der Waals surface area contributed by atoms with Gasteiger partial charge in [-0.2, -0.15) is 0 Å². The molecule has 0 fully saturated rings. The molecule has 1 N–H and O–H groups in total. The molecule has 1 aliphatic rings. The number of nitrogens with one attached hydrogen (secondary N) is 1. The van der Waals surface area contributed by atoms with Crippen LogP contribution in [0.2, 0.25) is 0 Å². The van der Waals surface area contributed by atoms with Crippen LogP contribution in [0.3, 0.4) is 0 Å². The highest BCUT2D eigenvalue weighted by molar-refractivity contribution is 5.89.